The molecule has 1 saturated carbocycles. The van der Waals surface area contributed by atoms with Gasteiger partial charge < -0.3 is 10.1 Å². The molecule has 1 N–H and O–H groups in total. The third kappa shape index (κ3) is 2.65. The van der Waals surface area contributed by atoms with E-state index in [2.05, 4.69) is 23.5 Å². The van der Waals surface area contributed by atoms with Crippen molar-refractivity contribution < 1.29 is 4.74 Å². The highest BCUT2D eigenvalue weighted by Crippen LogP contribution is 2.42. The molecule has 0 aliphatic heterocycles. The third-order valence-corrected chi connectivity index (χ3v) is 4.46. The summed E-state index contributed by atoms with van der Waals surface area (Å²) >= 11 is 6.19. The van der Waals surface area contributed by atoms with E-state index in [0.29, 0.717) is 0 Å². The molecule has 1 fully saturated rings. The molecule has 2 aliphatic rings. The Morgan fingerprint density at radius 3 is 2.68 bits per heavy atom. The van der Waals surface area contributed by atoms with Crippen LogP contribution in [0.25, 0.3) is 0 Å². The molecule has 0 aromatic heterocycles. The summed E-state index contributed by atoms with van der Waals surface area (Å²) in [4.78, 5) is 0. The summed E-state index contributed by atoms with van der Waals surface area (Å²) in [5, 5.41) is 4.46. The Bertz CT molecular complexity index is 486. The summed E-state index contributed by atoms with van der Waals surface area (Å²) in [6, 6.07) is 6.67. The zero-order valence-corrected chi connectivity index (χ0v) is 12.0. The van der Waals surface area contributed by atoms with E-state index in [0.717, 1.165) is 36.2 Å². The minimum atomic E-state index is 0.110. The minimum absolute atomic E-state index is 0.110. The van der Waals surface area contributed by atoms with Crippen molar-refractivity contribution in [2.45, 2.75) is 37.1 Å². The molecule has 0 heterocycles. The number of methoxy groups -OCH3 is 1. The molecule has 102 valence electrons. The summed E-state index contributed by atoms with van der Waals surface area (Å²) in [7, 11) is 1.73. The molecule has 3 heteroatoms. The van der Waals surface area contributed by atoms with Crippen molar-refractivity contribution in [1.29, 1.82) is 0 Å². The first kappa shape index (κ1) is 13.0. The second-order valence-electron chi connectivity index (χ2n) is 5.66. The topological polar surface area (TPSA) is 21.3 Å². The minimum Gasteiger partial charge on any atom is -0.496 e. The Labute approximate surface area is 119 Å². The average Bonchev–Trinajstić information content (AvgIpc) is 3.14. The molecular formula is C16H20ClNO. The molecule has 0 unspecified atom stereocenters. The lowest BCUT2D eigenvalue weighted by Gasteiger charge is -2.31. The van der Waals surface area contributed by atoms with Gasteiger partial charge >= 0.3 is 0 Å². The van der Waals surface area contributed by atoms with Crippen LogP contribution in [0.2, 0.25) is 5.02 Å². The van der Waals surface area contributed by atoms with Gasteiger partial charge in [-0.1, -0.05) is 23.8 Å². The van der Waals surface area contributed by atoms with E-state index in [1.54, 1.807) is 7.11 Å². The fourth-order valence-electron chi connectivity index (χ4n) is 2.88. The van der Waals surface area contributed by atoms with Gasteiger partial charge in [0.05, 0.1) is 7.11 Å². The van der Waals surface area contributed by atoms with Gasteiger partial charge in [-0.25, -0.2) is 0 Å². The Hall–Kier alpha value is -0.990. The number of hydrogen-bond acceptors (Lipinski definition) is 2. The lowest BCUT2D eigenvalue weighted by atomic mass is 9.77. The Kier molecular flexibility index (Phi) is 3.55. The van der Waals surface area contributed by atoms with Gasteiger partial charge in [0.25, 0.3) is 0 Å². The summed E-state index contributed by atoms with van der Waals surface area (Å²) in [6.45, 7) is 1.00. The zero-order chi connectivity index (χ0) is 13.3. The maximum atomic E-state index is 6.19. The van der Waals surface area contributed by atoms with Crippen LogP contribution in [0.15, 0.2) is 30.4 Å². The van der Waals surface area contributed by atoms with Crippen LogP contribution in [0, 0.1) is 0 Å². The van der Waals surface area contributed by atoms with Gasteiger partial charge in [-0.05, 0) is 43.9 Å². The molecule has 0 radical (unpaired) electrons. The van der Waals surface area contributed by atoms with Gasteiger partial charge in [0, 0.05) is 28.6 Å². The standard InChI is InChI=1S/C16H20ClNO/c1-19-15-7-4-12(17)10-14(15)16(8-2-3-9-16)11-18-13-5-6-13/h2-4,7,10,13,18H,5-6,8-9,11H2,1H3. The quantitative estimate of drug-likeness (QED) is 0.829. The molecule has 19 heavy (non-hydrogen) atoms. The van der Waals surface area contributed by atoms with E-state index in [-0.39, 0.29) is 5.41 Å². The number of nitrogens with one attached hydrogen (secondary N) is 1. The highest BCUT2D eigenvalue weighted by molar-refractivity contribution is 6.30. The highest BCUT2D eigenvalue weighted by Gasteiger charge is 2.37. The number of benzene rings is 1. The van der Waals surface area contributed by atoms with Crippen LogP contribution in [0.4, 0.5) is 0 Å². The van der Waals surface area contributed by atoms with E-state index < -0.39 is 0 Å². The molecule has 3 rings (SSSR count). The molecule has 2 aliphatic carbocycles. The van der Waals surface area contributed by atoms with Crippen LogP contribution in [-0.2, 0) is 5.41 Å². The van der Waals surface area contributed by atoms with E-state index >= 15 is 0 Å². The molecule has 1 aromatic carbocycles. The van der Waals surface area contributed by atoms with Crippen molar-refractivity contribution >= 4 is 11.6 Å². The van der Waals surface area contributed by atoms with Gasteiger partial charge in [-0.2, -0.15) is 0 Å². The third-order valence-electron chi connectivity index (χ3n) is 4.22. The molecule has 0 spiro atoms. The lowest BCUT2D eigenvalue weighted by molar-refractivity contribution is 0.367. The van der Waals surface area contributed by atoms with Crippen molar-refractivity contribution in [2.75, 3.05) is 13.7 Å². The van der Waals surface area contributed by atoms with Gasteiger partial charge in [0.15, 0.2) is 0 Å². The summed E-state index contributed by atoms with van der Waals surface area (Å²) in [6.07, 6.45) is 9.29. The molecule has 2 nitrogen and oxygen atoms in total. The Balaban J connectivity index is 1.91. The van der Waals surface area contributed by atoms with Crippen molar-refractivity contribution in [1.82, 2.24) is 5.32 Å². The Morgan fingerprint density at radius 2 is 2.05 bits per heavy atom. The second kappa shape index (κ2) is 5.18. The Morgan fingerprint density at radius 1 is 1.32 bits per heavy atom. The van der Waals surface area contributed by atoms with Gasteiger partial charge in [0.1, 0.15) is 5.75 Å². The number of allylic oxidation sites excluding steroid dienone is 2. The van der Waals surface area contributed by atoms with E-state index in [1.165, 1.54) is 18.4 Å². The van der Waals surface area contributed by atoms with Crippen LogP contribution in [0.1, 0.15) is 31.2 Å². The SMILES string of the molecule is COc1ccc(Cl)cc1C1(CNC2CC2)CC=CC1. The van der Waals surface area contributed by atoms with Crippen molar-refractivity contribution in [3.05, 3.63) is 40.9 Å². The monoisotopic (exact) mass is 277 g/mol. The average molecular weight is 278 g/mol. The molecule has 1 aromatic rings. The lowest BCUT2D eigenvalue weighted by Crippen LogP contribution is -2.37. The molecule has 0 amide bonds. The van der Waals surface area contributed by atoms with Crippen molar-refractivity contribution in [3.8, 4) is 5.75 Å². The molecule has 0 saturated heterocycles. The van der Waals surface area contributed by atoms with E-state index in [9.17, 15) is 0 Å². The van der Waals surface area contributed by atoms with Crippen LogP contribution in [0.3, 0.4) is 0 Å². The predicted molar refractivity (Wildman–Crippen MR) is 79.1 cm³/mol. The largest absolute Gasteiger partial charge is 0.496 e. The number of halogens is 1. The van der Waals surface area contributed by atoms with Crippen molar-refractivity contribution in [3.63, 3.8) is 0 Å². The fourth-order valence-corrected chi connectivity index (χ4v) is 3.05. The zero-order valence-electron chi connectivity index (χ0n) is 11.3. The van der Waals surface area contributed by atoms with Crippen LogP contribution in [0.5, 0.6) is 5.75 Å². The van der Waals surface area contributed by atoms with Crippen molar-refractivity contribution in [2.24, 2.45) is 0 Å². The van der Waals surface area contributed by atoms with Crippen LogP contribution < -0.4 is 10.1 Å². The number of hydrogen-bond donors (Lipinski definition) is 1. The summed E-state index contributed by atoms with van der Waals surface area (Å²) in [5.41, 5.74) is 1.35. The summed E-state index contributed by atoms with van der Waals surface area (Å²) in [5.74, 6) is 0.950. The normalized spacial score (nSPS) is 20.7. The maximum Gasteiger partial charge on any atom is 0.122 e. The summed E-state index contributed by atoms with van der Waals surface area (Å²) < 4.78 is 5.55. The van der Waals surface area contributed by atoms with Gasteiger partial charge in [-0.15, -0.1) is 0 Å². The first-order valence-electron chi connectivity index (χ1n) is 6.96. The first-order chi connectivity index (χ1) is 9.23. The molecule has 0 atom stereocenters. The maximum absolute atomic E-state index is 6.19. The number of rotatable bonds is 5. The predicted octanol–water partition coefficient (Wildman–Crippen LogP) is 3.69. The molecular weight excluding hydrogens is 258 g/mol. The fraction of sp³-hybridized carbons (Fsp3) is 0.500. The van der Waals surface area contributed by atoms with E-state index in [4.69, 9.17) is 16.3 Å². The second-order valence-corrected chi connectivity index (χ2v) is 6.10. The highest BCUT2D eigenvalue weighted by atomic mass is 35.5. The van der Waals surface area contributed by atoms with E-state index in [1.807, 2.05) is 12.1 Å². The molecule has 0 bridgehead atoms. The first-order valence-corrected chi connectivity index (χ1v) is 7.34. The van der Waals surface area contributed by atoms with Crippen LogP contribution in [-0.4, -0.2) is 19.7 Å². The van der Waals surface area contributed by atoms with Gasteiger partial charge in [0.2, 0.25) is 0 Å². The number of ether oxygens (including phenoxy) is 1. The van der Waals surface area contributed by atoms with Crippen LogP contribution >= 0.6 is 11.6 Å². The smallest absolute Gasteiger partial charge is 0.122 e. The van der Waals surface area contributed by atoms with Gasteiger partial charge in [-0.3, -0.25) is 0 Å².